The van der Waals surface area contributed by atoms with Crippen LogP contribution in [0.1, 0.15) is 135 Å². The van der Waals surface area contributed by atoms with Crippen LogP contribution >= 0.6 is 43.5 Å². The SMILES string of the molecule is C=C(C)C(=O)OC12CC3CC(C1)CC(C(=O)OC(CS(=O)(=O)[O-])C(F)(F)F)(C3)C2.C=C(C)C(=O)OC12CC3CC(C1)CC(C(=O)OC(CS(=O)(=O)[O-])C(F)(F)F)(C3)C2.C=C(C)C(=O)Oc1cc(C(=O)OC(CS(=O)(=O)[O-])C(F)(F)F)ccc1I.CC(C)(C)c1ccc([S+](c2ccccc2)c2ccccc2)cc1.c1ccc(-[s+]2c3ccccc3c3ccccc32)cc1.c1ccc(-[s+]2c3ccccc3c3ccccc32)cc1. The number of rotatable bonds is 23. The van der Waals surface area contributed by atoms with Gasteiger partial charge in [-0.25, -0.2) is 44.4 Å². The van der Waals surface area contributed by atoms with E-state index in [2.05, 4.69) is 297 Å². The molecule has 7 unspecified atom stereocenters. The Labute approximate surface area is 856 Å². The average molecular weight is 2230 g/mol. The third-order valence-electron chi connectivity index (χ3n) is 25.7. The van der Waals surface area contributed by atoms with Crippen LogP contribution in [0.2, 0.25) is 0 Å². The van der Waals surface area contributed by atoms with Crippen molar-refractivity contribution in [3.8, 4) is 15.5 Å². The van der Waals surface area contributed by atoms with Gasteiger partial charge in [-0.1, -0.05) is 174 Å². The molecule has 8 aliphatic rings. The van der Waals surface area contributed by atoms with Gasteiger partial charge in [0.05, 0.1) is 78.5 Å². The topological polar surface area (TPSA) is 329 Å². The largest absolute Gasteiger partial charge is 0.748 e. The van der Waals surface area contributed by atoms with Gasteiger partial charge >= 0.3 is 54.3 Å². The summed E-state index contributed by atoms with van der Waals surface area (Å²) in [5.74, 6) is -11.9. The summed E-state index contributed by atoms with van der Waals surface area (Å²) < 4.78 is 250. The van der Waals surface area contributed by atoms with Crippen molar-refractivity contribution in [2.24, 2.45) is 34.5 Å². The lowest BCUT2D eigenvalue weighted by molar-refractivity contribution is -0.237. The molecule has 37 heteroatoms. The molecule has 0 N–H and O–H groups in total. The van der Waals surface area contributed by atoms with Gasteiger partial charge in [-0.15, -0.1) is 0 Å². The van der Waals surface area contributed by atoms with Gasteiger partial charge < -0.3 is 42.1 Å². The Morgan fingerprint density at radius 2 is 0.690 bits per heavy atom. The summed E-state index contributed by atoms with van der Waals surface area (Å²) in [6.45, 7) is 21.5. The number of hydrogen-bond donors (Lipinski definition) is 0. The van der Waals surface area contributed by atoms with Gasteiger partial charge in [-0.2, -0.15) is 39.5 Å². The molecular weight excluding hydrogens is 2120 g/mol. The van der Waals surface area contributed by atoms with Crippen molar-refractivity contribution in [3.63, 3.8) is 0 Å². The maximum absolute atomic E-state index is 13.2. The fourth-order valence-electron chi connectivity index (χ4n) is 20.3. The first kappa shape index (κ1) is 111. The van der Waals surface area contributed by atoms with Crippen molar-refractivity contribution in [2.45, 2.75) is 187 Å². The Balaban J connectivity index is 0.000000147. The number of fused-ring (bicyclic) bond motifs is 6. The quantitative estimate of drug-likeness (QED) is 0.00839. The van der Waals surface area contributed by atoms with E-state index in [0.717, 1.165) is 25.0 Å². The Morgan fingerprint density at radius 1 is 0.400 bits per heavy atom. The van der Waals surface area contributed by atoms with E-state index in [-0.39, 0.29) is 122 Å². The first-order valence-electron chi connectivity index (χ1n) is 45.9. The number of alkyl halides is 9. The molecule has 21 nitrogen and oxygen atoms in total. The lowest BCUT2D eigenvalue weighted by Gasteiger charge is -2.59. The summed E-state index contributed by atoms with van der Waals surface area (Å²) in [6, 6.07) is 90.8. The molecule has 8 fully saturated rings. The molecule has 0 saturated heterocycles. The minimum atomic E-state index is -5.30. The van der Waals surface area contributed by atoms with Crippen molar-refractivity contribution >= 4 is 161 Å². The summed E-state index contributed by atoms with van der Waals surface area (Å²) in [6.07, 6.45) is -20.1. The molecular formula is C108H104F9IO21S6. The monoisotopic (exact) mass is 2230 g/mol. The second kappa shape index (κ2) is 44.9. The van der Waals surface area contributed by atoms with Crippen molar-refractivity contribution < 1.29 is 136 Å². The molecule has 0 spiro atoms. The van der Waals surface area contributed by atoms with Crippen LogP contribution in [0.4, 0.5) is 39.5 Å². The van der Waals surface area contributed by atoms with Gasteiger partial charge in [-0.3, -0.25) is 9.59 Å². The highest BCUT2D eigenvalue weighted by Crippen LogP contribution is 2.66. The van der Waals surface area contributed by atoms with E-state index in [1.807, 2.05) is 0 Å². The number of benzene rings is 10. The molecule has 20 rings (SSSR count). The van der Waals surface area contributed by atoms with E-state index in [4.69, 9.17) is 14.2 Å². The molecule has 10 aromatic carbocycles. The highest BCUT2D eigenvalue weighted by Gasteiger charge is 2.66. The van der Waals surface area contributed by atoms with Gasteiger partial charge in [0, 0.05) is 72.0 Å². The van der Waals surface area contributed by atoms with Crippen LogP contribution in [0.15, 0.2) is 312 Å². The molecule has 7 atom stereocenters. The molecule has 768 valence electrons. The molecule has 8 aliphatic carbocycles. The molecule has 8 saturated carbocycles. The van der Waals surface area contributed by atoms with E-state index in [1.165, 1.54) is 97.2 Å². The van der Waals surface area contributed by atoms with E-state index < -0.39 is 148 Å². The van der Waals surface area contributed by atoms with Gasteiger partial charge in [0.15, 0.2) is 43.3 Å². The van der Waals surface area contributed by atoms with Crippen LogP contribution in [0.5, 0.6) is 5.75 Å². The summed E-state index contributed by atoms with van der Waals surface area (Å²) >= 11 is 1.75. The molecule has 12 aromatic rings. The van der Waals surface area contributed by atoms with Crippen molar-refractivity contribution in [1.29, 1.82) is 0 Å². The van der Waals surface area contributed by atoms with Crippen molar-refractivity contribution in [3.05, 3.63) is 312 Å². The zero-order valence-electron chi connectivity index (χ0n) is 79.4. The second-order valence-electron chi connectivity index (χ2n) is 38.4. The molecule has 0 radical (unpaired) electrons. The maximum Gasteiger partial charge on any atom is 0.426 e. The molecule has 145 heavy (non-hydrogen) atoms. The number of halogens is 10. The predicted octanol–water partition coefficient (Wildman–Crippen LogP) is 24.9. The Bertz CT molecular complexity index is 6720. The third-order valence-corrected chi connectivity index (χ3v) is 35.6. The fourth-order valence-corrected chi connectivity index (χ4v) is 29.5. The fraction of sp³-hybridized carbons (Fsp3) is 0.333. The Kier molecular flexibility index (Phi) is 34.4. The zero-order valence-corrected chi connectivity index (χ0v) is 86.5. The summed E-state index contributed by atoms with van der Waals surface area (Å²) in [4.78, 5) is 80.1. The number of hydrogen-bond acceptors (Lipinski definition) is 21. The molecule has 2 aromatic heterocycles. The first-order chi connectivity index (χ1) is 67.9. The van der Waals surface area contributed by atoms with E-state index >= 15 is 0 Å². The van der Waals surface area contributed by atoms with Gasteiger partial charge in [0.25, 0.3) is 0 Å². The smallest absolute Gasteiger partial charge is 0.426 e. The van der Waals surface area contributed by atoms with Crippen LogP contribution in [-0.4, -0.2) is 140 Å². The molecule has 0 amide bonds. The van der Waals surface area contributed by atoms with Crippen molar-refractivity contribution in [1.82, 2.24) is 0 Å². The first-order valence-corrected chi connectivity index (χ1v) is 55.4. The van der Waals surface area contributed by atoms with Crippen molar-refractivity contribution in [2.75, 3.05) is 17.3 Å². The minimum Gasteiger partial charge on any atom is -0.748 e. The number of carbonyl (C=O) groups is 6. The van der Waals surface area contributed by atoms with Crippen LogP contribution in [0.3, 0.4) is 0 Å². The summed E-state index contributed by atoms with van der Waals surface area (Å²) in [5.41, 5.74) is -3.01. The summed E-state index contributed by atoms with van der Waals surface area (Å²) in [5, 5.41) is 5.58. The van der Waals surface area contributed by atoms with Gasteiger partial charge in [0.1, 0.15) is 17.0 Å². The number of carbonyl (C=O) groups excluding carboxylic acids is 6. The standard InChI is InChI=1S/C22H23S.2C18H23F3O7S.2C18H13S.C14H12F3IO7S/c1-22(2,3)18-14-16-21(17-15-18)23(19-10-6-4-7-11-19)20-12-8-5-9-13-20;2*1-10(2)14(22)28-17-6-11-3-12(7-17)5-16(4-11,9-17)15(23)27-13(18(19,20)21)8-29(24,25)26;2*1-2-8-14(9-3-1)19-17-12-6-4-10-15(17)16-11-5-7-13-18(16)19;1-7(2)12(19)24-10-5-8(3-4-9(10)18)13(20)25-11(14(15,16)17)6-26(21,22)23/h4-17H,1-3H3;2*11-13H,1,3-9H2,2H3,(H,24,25,26);2*1-13H;3-5,11H,1,6H2,2H3,(H,21,22,23)/q+1;;;2*+1;/p-3. The Hall–Kier alpha value is -11.1. The number of esters is 6. The maximum atomic E-state index is 13.2. The molecule has 8 bridgehead atoms. The second-order valence-corrected chi connectivity index (χ2v) is 49.9. The van der Waals surface area contributed by atoms with Crippen LogP contribution in [0.25, 0.3) is 50.1 Å². The Morgan fingerprint density at radius 3 is 0.986 bits per heavy atom. The minimum absolute atomic E-state index is 0.0134. The van der Waals surface area contributed by atoms with Crippen LogP contribution in [0, 0.1) is 38.1 Å². The van der Waals surface area contributed by atoms with Gasteiger partial charge in [0.2, 0.25) is 18.3 Å². The highest BCUT2D eigenvalue weighted by molar-refractivity contribution is 14.1. The van der Waals surface area contributed by atoms with Gasteiger partial charge in [-0.05, 0) is 270 Å². The molecule has 0 aliphatic heterocycles. The van der Waals surface area contributed by atoms with Crippen LogP contribution in [-0.2, 0) is 94.3 Å². The van der Waals surface area contributed by atoms with E-state index in [9.17, 15) is 107 Å². The van der Waals surface area contributed by atoms with Crippen LogP contribution < -0.4 is 4.74 Å². The van der Waals surface area contributed by atoms with E-state index in [1.54, 1.807) is 22.6 Å². The lowest BCUT2D eigenvalue weighted by Crippen LogP contribution is -2.60. The molecule has 2 heterocycles. The third kappa shape index (κ3) is 28.0. The number of ether oxygens (including phenoxy) is 6. The normalized spacial score (nSPS) is 20.9. The lowest BCUT2D eigenvalue weighted by atomic mass is 9.48. The zero-order chi connectivity index (χ0) is 106. The summed E-state index contributed by atoms with van der Waals surface area (Å²) in [7, 11) is -15.8. The number of thiophene rings is 2. The predicted molar refractivity (Wildman–Crippen MR) is 543 cm³/mol. The van der Waals surface area contributed by atoms with E-state index in [0.29, 0.717) is 29.3 Å². The average Bonchev–Trinajstić information content (AvgIpc) is 1.55. The highest BCUT2D eigenvalue weighted by atomic mass is 127.